The highest BCUT2D eigenvalue weighted by atomic mass is 32.2. The van der Waals surface area contributed by atoms with Crippen LogP contribution >= 0.6 is 11.8 Å². The zero-order valence-electron chi connectivity index (χ0n) is 19.6. The van der Waals surface area contributed by atoms with E-state index in [1.165, 1.54) is 0 Å². The summed E-state index contributed by atoms with van der Waals surface area (Å²) in [5, 5.41) is 7.37. The van der Waals surface area contributed by atoms with Crippen molar-refractivity contribution < 1.29 is 14.1 Å². The Bertz CT molecular complexity index is 1380. The van der Waals surface area contributed by atoms with Gasteiger partial charge in [0.15, 0.2) is 0 Å². The first kappa shape index (κ1) is 22.7. The van der Waals surface area contributed by atoms with Gasteiger partial charge in [-0.2, -0.15) is 4.98 Å². The van der Waals surface area contributed by atoms with E-state index >= 15 is 0 Å². The van der Waals surface area contributed by atoms with Crippen molar-refractivity contribution in [1.82, 2.24) is 15.5 Å². The van der Waals surface area contributed by atoms with Gasteiger partial charge in [-0.3, -0.25) is 4.90 Å². The van der Waals surface area contributed by atoms with Gasteiger partial charge in [0.2, 0.25) is 5.82 Å². The number of aromatic nitrogens is 2. The molecule has 3 aromatic carbocycles. The average Bonchev–Trinajstić information content (AvgIpc) is 3.39. The van der Waals surface area contributed by atoms with Crippen LogP contribution in [0.3, 0.4) is 0 Å². The Morgan fingerprint density at radius 2 is 1.80 bits per heavy atom. The standard InChI is InChI=1S/C27H24N4O3S/c1-17-23(26-29-25(30-34-26)19-12-14-22(35-3)15-13-19)24(18-8-5-4-6-9-18)28-27(32)31(17)20-10-7-11-21(16-20)33-2/h4-16,24H,1-3H3,(H,28,32). The van der Waals surface area contributed by atoms with Gasteiger partial charge in [-0.05, 0) is 55.1 Å². The summed E-state index contributed by atoms with van der Waals surface area (Å²) in [5.74, 6) is 1.50. The second kappa shape index (κ2) is 9.68. The van der Waals surface area contributed by atoms with Crippen LogP contribution in [0.15, 0.2) is 94.0 Å². The predicted octanol–water partition coefficient (Wildman–Crippen LogP) is 6.17. The molecule has 4 aromatic rings. The number of rotatable bonds is 6. The molecule has 1 aliphatic heterocycles. The van der Waals surface area contributed by atoms with E-state index in [0.29, 0.717) is 28.8 Å². The van der Waals surface area contributed by atoms with Gasteiger partial charge in [-0.15, -0.1) is 11.8 Å². The number of urea groups is 1. The maximum absolute atomic E-state index is 13.3. The van der Waals surface area contributed by atoms with E-state index in [9.17, 15) is 4.79 Å². The van der Waals surface area contributed by atoms with Crippen molar-refractivity contribution >= 4 is 29.1 Å². The van der Waals surface area contributed by atoms with Gasteiger partial charge in [0.1, 0.15) is 5.75 Å². The first-order chi connectivity index (χ1) is 17.1. The van der Waals surface area contributed by atoms with Crippen LogP contribution in [0.4, 0.5) is 10.5 Å². The summed E-state index contributed by atoms with van der Waals surface area (Å²) >= 11 is 1.67. The van der Waals surface area contributed by atoms with Crippen LogP contribution in [0.25, 0.3) is 17.0 Å². The fourth-order valence-corrected chi connectivity index (χ4v) is 4.57. The molecular formula is C27H24N4O3S. The molecule has 0 saturated heterocycles. The van der Waals surface area contributed by atoms with Gasteiger partial charge < -0.3 is 14.6 Å². The Balaban J connectivity index is 1.63. The largest absolute Gasteiger partial charge is 0.497 e. The topological polar surface area (TPSA) is 80.5 Å². The molecule has 1 atom stereocenters. The molecule has 5 rings (SSSR count). The molecular weight excluding hydrogens is 460 g/mol. The first-order valence-corrected chi connectivity index (χ1v) is 12.3. The van der Waals surface area contributed by atoms with E-state index in [0.717, 1.165) is 21.6 Å². The van der Waals surface area contributed by atoms with Gasteiger partial charge in [0.05, 0.1) is 24.4 Å². The van der Waals surface area contributed by atoms with Crippen LogP contribution in [-0.4, -0.2) is 29.5 Å². The maximum atomic E-state index is 13.3. The van der Waals surface area contributed by atoms with Gasteiger partial charge in [0.25, 0.3) is 5.89 Å². The van der Waals surface area contributed by atoms with E-state index < -0.39 is 6.04 Å². The molecule has 35 heavy (non-hydrogen) atoms. The molecule has 1 unspecified atom stereocenters. The highest BCUT2D eigenvalue weighted by Gasteiger charge is 2.36. The van der Waals surface area contributed by atoms with E-state index in [1.807, 2.05) is 92.0 Å². The Kier molecular flexibility index (Phi) is 6.29. The lowest BCUT2D eigenvalue weighted by Gasteiger charge is -2.35. The van der Waals surface area contributed by atoms with E-state index in [1.54, 1.807) is 23.8 Å². The third-order valence-corrected chi connectivity index (χ3v) is 6.68. The number of anilines is 1. The van der Waals surface area contributed by atoms with Crippen molar-refractivity contribution in [3.8, 4) is 17.1 Å². The molecule has 2 heterocycles. The van der Waals surface area contributed by atoms with Crippen molar-refractivity contribution in [3.05, 3.63) is 96.0 Å². The molecule has 0 fully saturated rings. The highest BCUT2D eigenvalue weighted by Crippen LogP contribution is 2.39. The van der Waals surface area contributed by atoms with Crippen molar-refractivity contribution in [1.29, 1.82) is 0 Å². The number of hydrogen-bond acceptors (Lipinski definition) is 6. The Morgan fingerprint density at radius 3 is 2.51 bits per heavy atom. The number of amides is 2. The van der Waals surface area contributed by atoms with Crippen molar-refractivity contribution in [2.45, 2.75) is 17.9 Å². The SMILES string of the molecule is COc1cccc(N2C(=O)NC(c3ccccc3)C(c3nc(-c4ccc(SC)cc4)no3)=C2C)c1. The normalized spacial score (nSPS) is 15.8. The smallest absolute Gasteiger partial charge is 0.327 e. The Hall–Kier alpha value is -4.04. The van der Waals surface area contributed by atoms with Gasteiger partial charge in [-0.1, -0.05) is 41.6 Å². The lowest BCUT2D eigenvalue weighted by Crippen LogP contribution is -2.46. The first-order valence-electron chi connectivity index (χ1n) is 11.1. The van der Waals surface area contributed by atoms with Crippen LogP contribution in [0, 0.1) is 0 Å². The molecule has 7 nitrogen and oxygen atoms in total. The molecule has 0 aliphatic carbocycles. The summed E-state index contributed by atoms with van der Waals surface area (Å²) in [6.07, 6.45) is 2.03. The molecule has 0 spiro atoms. The van der Waals surface area contributed by atoms with Crippen LogP contribution in [0.2, 0.25) is 0 Å². The number of allylic oxidation sites excluding steroid dienone is 1. The lowest BCUT2D eigenvalue weighted by atomic mass is 9.94. The lowest BCUT2D eigenvalue weighted by molar-refractivity contribution is 0.244. The number of nitrogens with zero attached hydrogens (tertiary/aromatic N) is 3. The number of thioether (sulfide) groups is 1. The minimum absolute atomic E-state index is 0.249. The van der Waals surface area contributed by atoms with Gasteiger partial charge >= 0.3 is 6.03 Å². The Morgan fingerprint density at radius 1 is 1.03 bits per heavy atom. The fraction of sp³-hybridized carbons (Fsp3) is 0.148. The summed E-state index contributed by atoms with van der Waals surface area (Å²) in [4.78, 5) is 20.8. The number of benzene rings is 3. The molecule has 8 heteroatoms. The molecule has 1 N–H and O–H groups in total. The molecule has 0 radical (unpaired) electrons. The van der Waals surface area contributed by atoms with Crippen LogP contribution in [-0.2, 0) is 0 Å². The maximum Gasteiger partial charge on any atom is 0.327 e. The number of nitrogens with one attached hydrogen (secondary N) is 1. The minimum Gasteiger partial charge on any atom is -0.497 e. The number of ether oxygens (including phenoxy) is 1. The number of hydrogen-bond donors (Lipinski definition) is 1. The molecule has 2 amide bonds. The summed E-state index contributed by atoms with van der Waals surface area (Å²) < 4.78 is 11.1. The number of methoxy groups -OCH3 is 1. The van der Waals surface area contributed by atoms with E-state index in [2.05, 4.69) is 10.5 Å². The highest BCUT2D eigenvalue weighted by molar-refractivity contribution is 7.98. The van der Waals surface area contributed by atoms with E-state index in [-0.39, 0.29) is 6.03 Å². The van der Waals surface area contributed by atoms with Gasteiger partial charge in [0, 0.05) is 22.2 Å². The summed E-state index contributed by atoms with van der Waals surface area (Å²) in [6.45, 7) is 1.89. The predicted molar refractivity (Wildman–Crippen MR) is 137 cm³/mol. The number of carbonyl (C=O) groups excluding carboxylic acids is 1. The molecule has 1 aromatic heterocycles. The third-order valence-electron chi connectivity index (χ3n) is 5.93. The molecule has 1 aliphatic rings. The molecule has 0 bridgehead atoms. The minimum atomic E-state index is -0.447. The summed E-state index contributed by atoms with van der Waals surface area (Å²) in [6, 6.07) is 24.4. The number of carbonyl (C=O) groups is 1. The second-order valence-corrected chi connectivity index (χ2v) is 8.86. The van der Waals surface area contributed by atoms with Crippen LogP contribution in [0.1, 0.15) is 24.4 Å². The fourth-order valence-electron chi connectivity index (χ4n) is 4.17. The monoisotopic (exact) mass is 484 g/mol. The third kappa shape index (κ3) is 4.40. The van der Waals surface area contributed by atoms with Crippen molar-refractivity contribution in [3.63, 3.8) is 0 Å². The second-order valence-electron chi connectivity index (χ2n) is 7.98. The zero-order valence-corrected chi connectivity index (χ0v) is 20.4. The summed E-state index contributed by atoms with van der Waals surface area (Å²) in [7, 11) is 1.60. The van der Waals surface area contributed by atoms with Crippen LogP contribution < -0.4 is 15.0 Å². The van der Waals surface area contributed by atoms with Crippen molar-refractivity contribution in [2.75, 3.05) is 18.3 Å². The van der Waals surface area contributed by atoms with Gasteiger partial charge in [-0.25, -0.2) is 4.79 Å². The average molecular weight is 485 g/mol. The zero-order chi connectivity index (χ0) is 24.4. The molecule has 176 valence electrons. The molecule has 0 saturated carbocycles. The quantitative estimate of drug-likeness (QED) is 0.330. The van der Waals surface area contributed by atoms with E-state index in [4.69, 9.17) is 14.2 Å². The Labute approximate surface area is 207 Å². The van der Waals surface area contributed by atoms with Crippen molar-refractivity contribution in [2.24, 2.45) is 0 Å². The summed E-state index contributed by atoms with van der Waals surface area (Å²) in [5.41, 5.74) is 3.89. The van der Waals surface area contributed by atoms with Crippen LogP contribution in [0.5, 0.6) is 5.75 Å².